The van der Waals surface area contributed by atoms with E-state index in [0.29, 0.717) is 0 Å². The maximum Gasteiger partial charge on any atom is 0.220 e. The van der Waals surface area contributed by atoms with Crippen molar-refractivity contribution < 1.29 is 22.0 Å². The molecule has 1 atom stereocenters. The third kappa shape index (κ3) is 6.64. The van der Waals surface area contributed by atoms with Crippen molar-refractivity contribution in [3.63, 3.8) is 0 Å². The summed E-state index contributed by atoms with van der Waals surface area (Å²) in [5.41, 5.74) is -0.291. The lowest BCUT2D eigenvalue weighted by molar-refractivity contribution is -0.122. The van der Waals surface area contributed by atoms with Crippen molar-refractivity contribution in [3.05, 3.63) is 35.4 Å². The van der Waals surface area contributed by atoms with E-state index < -0.39 is 32.9 Å². The zero-order chi connectivity index (χ0) is 17.8. The van der Waals surface area contributed by atoms with Crippen molar-refractivity contribution in [1.29, 1.82) is 0 Å². The molecule has 130 valence electrons. The highest BCUT2D eigenvalue weighted by atomic mass is 32.2. The molecule has 0 bridgehead atoms. The Bertz CT molecular complexity index is 666. The second-order valence-corrected chi connectivity index (χ2v) is 9.03. The van der Waals surface area contributed by atoms with Crippen LogP contribution in [0.3, 0.4) is 0 Å². The van der Waals surface area contributed by atoms with E-state index in [1.54, 1.807) is 0 Å². The third-order valence-electron chi connectivity index (χ3n) is 3.36. The van der Waals surface area contributed by atoms with E-state index in [1.165, 1.54) is 6.07 Å². The molecule has 1 rings (SSSR count). The molecule has 0 aliphatic heterocycles. The molecule has 7 heteroatoms. The van der Waals surface area contributed by atoms with Gasteiger partial charge < -0.3 is 5.32 Å². The first-order valence-corrected chi connectivity index (χ1v) is 9.38. The van der Waals surface area contributed by atoms with Gasteiger partial charge in [0.05, 0.1) is 11.8 Å². The van der Waals surface area contributed by atoms with Gasteiger partial charge in [-0.25, -0.2) is 17.2 Å². The molecule has 1 amide bonds. The summed E-state index contributed by atoms with van der Waals surface area (Å²) in [6.45, 7) is 5.49. The van der Waals surface area contributed by atoms with Gasteiger partial charge in [-0.05, 0) is 17.9 Å². The van der Waals surface area contributed by atoms with Crippen LogP contribution in [0.1, 0.15) is 45.2 Å². The number of hydrogen-bond donors (Lipinski definition) is 1. The van der Waals surface area contributed by atoms with Gasteiger partial charge in [0.1, 0.15) is 21.5 Å². The largest absolute Gasteiger partial charge is 0.349 e. The maximum absolute atomic E-state index is 14.0. The number of benzene rings is 1. The number of halogens is 2. The second-order valence-electron chi connectivity index (χ2n) is 6.77. The Morgan fingerprint density at radius 1 is 1.26 bits per heavy atom. The summed E-state index contributed by atoms with van der Waals surface area (Å²) in [7, 11) is -3.12. The Morgan fingerprint density at radius 3 is 2.35 bits per heavy atom. The summed E-state index contributed by atoms with van der Waals surface area (Å²) in [4.78, 5) is 12.0. The quantitative estimate of drug-likeness (QED) is 0.860. The topological polar surface area (TPSA) is 63.2 Å². The minimum Gasteiger partial charge on any atom is -0.349 e. The molecule has 4 nitrogen and oxygen atoms in total. The molecule has 0 heterocycles. The van der Waals surface area contributed by atoms with Crippen molar-refractivity contribution in [1.82, 2.24) is 5.32 Å². The molecule has 1 N–H and O–H groups in total. The van der Waals surface area contributed by atoms with Crippen molar-refractivity contribution in [2.45, 2.75) is 39.7 Å². The summed E-state index contributed by atoms with van der Waals surface area (Å²) in [5, 5.41) is 2.72. The molecule has 0 fully saturated rings. The Hall–Kier alpha value is -1.50. The van der Waals surface area contributed by atoms with E-state index in [0.717, 1.165) is 18.4 Å². The van der Waals surface area contributed by atoms with Gasteiger partial charge in [0.2, 0.25) is 5.91 Å². The third-order valence-corrected chi connectivity index (χ3v) is 4.39. The molecule has 0 radical (unpaired) electrons. The van der Waals surface area contributed by atoms with Gasteiger partial charge in [-0.2, -0.15) is 0 Å². The first-order valence-electron chi connectivity index (χ1n) is 7.32. The molecule has 1 aromatic carbocycles. The fourth-order valence-corrected chi connectivity index (χ4v) is 2.89. The minimum absolute atomic E-state index is 0.0302. The van der Waals surface area contributed by atoms with Gasteiger partial charge in [-0.1, -0.05) is 26.8 Å². The van der Waals surface area contributed by atoms with Crippen LogP contribution in [0.5, 0.6) is 0 Å². The molecule has 0 aliphatic rings. The Kier molecular flexibility index (Phi) is 6.27. The number of hydrogen-bond acceptors (Lipinski definition) is 3. The van der Waals surface area contributed by atoms with Gasteiger partial charge in [0, 0.05) is 24.3 Å². The number of sulfone groups is 1. The van der Waals surface area contributed by atoms with Gasteiger partial charge >= 0.3 is 0 Å². The van der Waals surface area contributed by atoms with Crippen LogP contribution in [-0.4, -0.2) is 26.3 Å². The molecule has 0 aliphatic carbocycles. The lowest BCUT2D eigenvalue weighted by Gasteiger charge is -2.32. The standard InChI is InChI=1S/C16H23F2NO3S/c1-16(2,3)15(12-8-7-11(17)10-13(12)18)19-14(20)6-5-9-23(4,21)22/h7-8,10,15H,5-6,9H2,1-4H3,(H,19,20). The van der Waals surface area contributed by atoms with Gasteiger partial charge in [-0.3, -0.25) is 4.79 Å². The van der Waals surface area contributed by atoms with Crippen LogP contribution in [0.2, 0.25) is 0 Å². The average molecular weight is 347 g/mol. The van der Waals surface area contributed by atoms with Gasteiger partial charge in [0.15, 0.2) is 0 Å². The zero-order valence-electron chi connectivity index (χ0n) is 13.8. The number of carbonyl (C=O) groups is 1. The maximum atomic E-state index is 14.0. The molecule has 0 spiro atoms. The van der Waals surface area contributed by atoms with Crippen LogP contribution in [0, 0.1) is 17.0 Å². The first-order chi connectivity index (χ1) is 10.4. The summed E-state index contributed by atoms with van der Waals surface area (Å²) in [6.07, 6.45) is 1.34. The first kappa shape index (κ1) is 19.5. The molecule has 1 aromatic rings. The van der Waals surface area contributed by atoms with Gasteiger partial charge in [-0.15, -0.1) is 0 Å². The number of amides is 1. The van der Waals surface area contributed by atoms with Crippen molar-refractivity contribution in [3.8, 4) is 0 Å². The molecule has 0 saturated carbocycles. The number of carbonyl (C=O) groups excluding carboxylic acids is 1. The van der Waals surface area contributed by atoms with Crippen molar-refractivity contribution >= 4 is 15.7 Å². The van der Waals surface area contributed by atoms with E-state index in [2.05, 4.69) is 5.32 Å². The van der Waals surface area contributed by atoms with E-state index in [4.69, 9.17) is 0 Å². The summed E-state index contributed by atoms with van der Waals surface area (Å²) in [5.74, 6) is -1.84. The van der Waals surface area contributed by atoms with Crippen LogP contribution in [0.4, 0.5) is 8.78 Å². The minimum atomic E-state index is -3.12. The fraction of sp³-hybridized carbons (Fsp3) is 0.562. The smallest absolute Gasteiger partial charge is 0.220 e. The van der Waals surface area contributed by atoms with Crippen LogP contribution in [0.15, 0.2) is 18.2 Å². The highest BCUT2D eigenvalue weighted by Crippen LogP contribution is 2.34. The average Bonchev–Trinajstić information content (AvgIpc) is 2.34. The lowest BCUT2D eigenvalue weighted by atomic mass is 9.82. The predicted molar refractivity (Wildman–Crippen MR) is 85.6 cm³/mol. The second kappa shape index (κ2) is 7.38. The van der Waals surface area contributed by atoms with E-state index >= 15 is 0 Å². The zero-order valence-corrected chi connectivity index (χ0v) is 14.6. The summed E-state index contributed by atoms with van der Waals surface area (Å²) in [6, 6.07) is 2.60. The molecule has 0 aromatic heterocycles. The number of nitrogens with one attached hydrogen (secondary N) is 1. The monoisotopic (exact) mass is 347 g/mol. The van der Waals surface area contributed by atoms with Crippen molar-refractivity contribution in [2.24, 2.45) is 5.41 Å². The van der Waals surface area contributed by atoms with Crippen molar-refractivity contribution in [2.75, 3.05) is 12.0 Å². The van der Waals surface area contributed by atoms with Crippen LogP contribution >= 0.6 is 0 Å². The fourth-order valence-electron chi connectivity index (χ4n) is 2.22. The lowest BCUT2D eigenvalue weighted by Crippen LogP contribution is -2.37. The Balaban J connectivity index is 2.86. The summed E-state index contributed by atoms with van der Waals surface area (Å²) >= 11 is 0. The van der Waals surface area contributed by atoms with Crippen LogP contribution < -0.4 is 5.32 Å². The highest BCUT2D eigenvalue weighted by Gasteiger charge is 2.30. The van der Waals surface area contributed by atoms with E-state index in [-0.39, 0.29) is 30.1 Å². The van der Waals surface area contributed by atoms with E-state index in [9.17, 15) is 22.0 Å². The molecule has 1 unspecified atom stereocenters. The molecular formula is C16H23F2NO3S. The molecule has 23 heavy (non-hydrogen) atoms. The SMILES string of the molecule is CC(C)(C)C(NC(=O)CCCS(C)(=O)=O)c1ccc(F)cc1F. The van der Waals surface area contributed by atoms with Gasteiger partial charge in [0.25, 0.3) is 0 Å². The van der Waals surface area contributed by atoms with E-state index in [1.807, 2.05) is 20.8 Å². The number of rotatable bonds is 6. The summed E-state index contributed by atoms with van der Waals surface area (Å²) < 4.78 is 49.2. The van der Waals surface area contributed by atoms with Crippen LogP contribution in [-0.2, 0) is 14.6 Å². The Labute approximate surface area is 136 Å². The molecule has 0 saturated heterocycles. The Morgan fingerprint density at radius 2 is 1.87 bits per heavy atom. The normalized spacial score (nSPS) is 13.7. The van der Waals surface area contributed by atoms with Crippen LogP contribution in [0.25, 0.3) is 0 Å². The predicted octanol–water partition coefficient (Wildman–Crippen LogP) is 2.99. The molecular weight excluding hydrogens is 324 g/mol. The highest BCUT2D eigenvalue weighted by molar-refractivity contribution is 7.90.